The van der Waals surface area contributed by atoms with Crippen LogP contribution in [-0.2, 0) is 33.5 Å². The number of rotatable bonds is 3. The Bertz CT molecular complexity index is 2250. The minimum Gasteiger partial charge on any atom is -0.490 e. The molecule has 2 aromatic heterocycles. The van der Waals surface area contributed by atoms with Crippen molar-refractivity contribution in [3.05, 3.63) is 94.4 Å². The molecule has 278 valence electrons. The molecule has 4 aliphatic rings. The van der Waals surface area contributed by atoms with Crippen molar-refractivity contribution >= 4 is 50.2 Å². The number of nitrogens with one attached hydrogen (secondary N) is 1. The van der Waals surface area contributed by atoms with E-state index in [-0.39, 0.29) is 34.3 Å². The summed E-state index contributed by atoms with van der Waals surface area (Å²) in [7, 11) is -0.0801. The summed E-state index contributed by atoms with van der Waals surface area (Å²) in [5.74, 6) is -0.101. The zero-order valence-corrected chi connectivity index (χ0v) is 31.9. The van der Waals surface area contributed by atoms with Crippen molar-refractivity contribution in [2.75, 3.05) is 37.5 Å². The molecule has 0 saturated heterocycles. The van der Waals surface area contributed by atoms with Crippen LogP contribution in [0.4, 0.5) is 5.69 Å². The maximum absolute atomic E-state index is 14.7. The first-order valence-corrected chi connectivity index (χ1v) is 20.5. The second-order valence-corrected chi connectivity index (χ2v) is 17.7. The molecular weight excluding hydrogens is 712 g/mol. The van der Waals surface area contributed by atoms with E-state index in [4.69, 9.17) is 21.1 Å². The molecule has 2 amide bonds. The van der Waals surface area contributed by atoms with E-state index in [2.05, 4.69) is 48.2 Å². The average Bonchev–Trinajstić information content (AvgIpc) is 3.38. The molecule has 13 heteroatoms. The molecule has 2 aromatic carbocycles. The van der Waals surface area contributed by atoms with Crippen molar-refractivity contribution in [3.8, 4) is 5.75 Å². The Hall–Kier alpha value is -4.26. The lowest BCUT2D eigenvalue weighted by molar-refractivity contribution is 0.0131. The number of allylic oxidation sites excluding steroid dienone is 1. The molecule has 0 unspecified atom stereocenters. The van der Waals surface area contributed by atoms with Crippen LogP contribution in [0.25, 0.3) is 11.2 Å². The number of amides is 2. The van der Waals surface area contributed by atoms with Crippen LogP contribution < -0.4 is 14.4 Å². The van der Waals surface area contributed by atoms with Gasteiger partial charge in [-0.15, -0.1) is 4.36 Å². The average molecular weight is 757 g/mol. The summed E-state index contributed by atoms with van der Waals surface area (Å²) in [6, 6.07) is 11.6. The molecule has 11 nitrogen and oxygen atoms in total. The minimum absolute atomic E-state index is 0.0267. The van der Waals surface area contributed by atoms with E-state index in [0.717, 1.165) is 49.4 Å². The topological polar surface area (TPSA) is 128 Å². The number of benzene rings is 2. The van der Waals surface area contributed by atoms with Gasteiger partial charge in [0.05, 0.1) is 29.7 Å². The molecule has 1 spiro atoms. The summed E-state index contributed by atoms with van der Waals surface area (Å²) in [5.41, 5.74) is 4.44. The predicted octanol–water partition coefficient (Wildman–Crippen LogP) is 6.69. The van der Waals surface area contributed by atoms with E-state index in [1.165, 1.54) is 17.3 Å². The third-order valence-corrected chi connectivity index (χ3v) is 13.8. The number of carbonyl (C=O) groups is 2. The molecule has 4 aromatic rings. The van der Waals surface area contributed by atoms with Gasteiger partial charge in [-0.25, -0.2) is 9.19 Å². The Morgan fingerprint density at radius 3 is 2.81 bits per heavy atom. The Morgan fingerprint density at radius 1 is 1.15 bits per heavy atom. The van der Waals surface area contributed by atoms with E-state index in [1.54, 1.807) is 37.2 Å². The number of hydrogen-bond donors (Lipinski definition) is 1. The molecule has 2 aliphatic carbocycles. The molecule has 2 aliphatic heterocycles. The molecule has 1 fully saturated rings. The van der Waals surface area contributed by atoms with Crippen LogP contribution in [-0.4, -0.2) is 69.2 Å². The summed E-state index contributed by atoms with van der Waals surface area (Å²) < 4.78 is 36.1. The van der Waals surface area contributed by atoms with Crippen LogP contribution in [0, 0.1) is 17.8 Å². The molecule has 4 heterocycles. The van der Waals surface area contributed by atoms with Crippen LogP contribution >= 0.6 is 11.6 Å². The molecule has 0 radical (unpaired) electrons. The number of nitrogens with zero attached hydrogens (tertiary/aromatic N) is 5. The Morgan fingerprint density at radius 2 is 2.00 bits per heavy atom. The Kier molecular flexibility index (Phi) is 9.57. The number of halogens is 1. The van der Waals surface area contributed by atoms with Gasteiger partial charge in [0, 0.05) is 61.8 Å². The van der Waals surface area contributed by atoms with E-state index >= 15 is 0 Å². The number of aromatic nitrogens is 3. The molecule has 1 saturated carbocycles. The van der Waals surface area contributed by atoms with Gasteiger partial charge in [0.15, 0.2) is 5.65 Å². The number of methoxy groups -OCH3 is 1. The highest BCUT2D eigenvalue weighted by Gasteiger charge is 2.44. The first-order chi connectivity index (χ1) is 25.5. The van der Waals surface area contributed by atoms with Gasteiger partial charge in [-0.1, -0.05) is 36.7 Å². The summed E-state index contributed by atoms with van der Waals surface area (Å²) in [4.78, 5) is 38.9. The molecule has 8 rings (SSSR count). The normalized spacial score (nSPS) is 29.2. The first-order valence-electron chi connectivity index (χ1n) is 18.4. The number of anilines is 1. The highest BCUT2D eigenvalue weighted by atomic mass is 35.5. The van der Waals surface area contributed by atoms with E-state index in [9.17, 15) is 13.8 Å². The van der Waals surface area contributed by atoms with Gasteiger partial charge in [-0.2, -0.15) is 0 Å². The maximum atomic E-state index is 14.7. The summed E-state index contributed by atoms with van der Waals surface area (Å²) >= 11 is 6.47. The number of carbonyl (C=O) groups excluding carboxylic acids is 2. The summed E-state index contributed by atoms with van der Waals surface area (Å²) in [6.07, 6.45) is 14.4. The van der Waals surface area contributed by atoms with Crippen molar-refractivity contribution in [1.82, 2.24) is 19.3 Å². The summed E-state index contributed by atoms with van der Waals surface area (Å²) in [6.45, 7) is 3.92. The van der Waals surface area contributed by atoms with Gasteiger partial charge in [0.25, 0.3) is 11.8 Å². The van der Waals surface area contributed by atoms with Gasteiger partial charge in [0.1, 0.15) is 21.2 Å². The van der Waals surface area contributed by atoms with Crippen LogP contribution in [0.5, 0.6) is 5.75 Å². The predicted molar refractivity (Wildman–Crippen MR) is 206 cm³/mol. The zero-order valence-electron chi connectivity index (χ0n) is 30.3. The van der Waals surface area contributed by atoms with Gasteiger partial charge >= 0.3 is 0 Å². The smallest absolute Gasteiger partial charge is 0.286 e. The van der Waals surface area contributed by atoms with Gasteiger partial charge < -0.3 is 18.9 Å². The molecule has 1 N–H and O–H groups in total. The van der Waals surface area contributed by atoms with Crippen molar-refractivity contribution in [1.29, 1.82) is 0 Å². The van der Waals surface area contributed by atoms with Crippen molar-refractivity contribution in [2.45, 2.75) is 57.0 Å². The third-order valence-electron chi connectivity index (χ3n) is 11.6. The molecule has 6 atom stereocenters. The van der Waals surface area contributed by atoms with E-state index in [0.29, 0.717) is 48.3 Å². The van der Waals surface area contributed by atoms with Crippen LogP contribution in [0.3, 0.4) is 0 Å². The number of fused-ring (bicyclic) bond motifs is 5. The first kappa shape index (κ1) is 35.8. The van der Waals surface area contributed by atoms with Gasteiger partial charge in [0.2, 0.25) is 0 Å². The highest BCUT2D eigenvalue weighted by Crippen LogP contribution is 2.47. The highest BCUT2D eigenvalue weighted by molar-refractivity contribution is 7.92. The van der Waals surface area contributed by atoms with Crippen LogP contribution in [0.15, 0.2) is 71.5 Å². The maximum Gasteiger partial charge on any atom is 0.286 e. The van der Waals surface area contributed by atoms with Gasteiger partial charge in [-0.05, 0) is 97.7 Å². The fourth-order valence-corrected chi connectivity index (χ4v) is 10.9. The van der Waals surface area contributed by atoms with Crippen molar-refractivity contribution in [2.24, 2.45) is 29.2 Å². The largest absolute Gasteiger partial charge is 0.490 e. The Labute approximate surface area is 315 Å². The van der Waals surface area contributed by atoms with E-state index < -0.39 is 21.7 Å². The number of ether oxygens (including phenoxy) is 2. The molecule has 2 bridgehead atoms. The van der Waals surface area contributed by atoms with Crippen molar-refractivity contribution < 1.29 is 23.3 Å². The summed E-state index contributed by atoms with van der Waals surface area (Å²) in [5, 5.41) is 0.736. The van der Waals surface area contributed by atoms with Crippen LogP contribution in [0.2, 0.25) is 5.02 Å². The molecule has 53 heavy (non-hydrogen) atoms. The lowest BCUT2D eigenvalue weighted by Gasteiger charge is -2.46. The molecular formula is C40H45ClN6O5S. The SMILES string of the molecule is CO[C@H]1/C=C/C[C@H](C)C[S@@](=O)(NC(=O)c2cn(C)c3nccnc23)=NC(=O)c2ccc3c(c2)N(C[C@@H]2CC[C@H]21)C[C@@]1(CCCc2cc(Cl)ccc21)CO3. The lowest BCUT2D eigenvalue weighted by Crippen LogP contribution is -2.49. The fraction of sp³-hybridized carbons (Fsp3) is 0.450. The third kappa shape index (κ3) is 6.85. The quantitative estimate of drug-likeness (QED) is 0.229. The monoisotopic (exact) mass is 756 g/mol. The number of hydrogen-bond acceptors (Lipinski definition) is 8. The second kappa shape index (κ2) is 14.2. The standard InChI is InChI=1S/C40H45ClN6O5S/c1-25-6-4-8-34(51-3)30-12-9-28(30)20-47-23-40(15-5-7-26-18-29(41)11-13-32(26)40)24-52-35-14-10-27(19-33(35)47)38(48)44-53(50,22-25)45-39(49)31-21-46(2)37-36(31)42-16-17-43-37/h4,8,10-11,13-14,16-19,21,25,28,30,34H,5-7,9,12,15,20,22-24H2,1-3H3,(H,44,45,48,49,50)/b8-4+/t25-,28-,30+,34-,40-,53-/m0/s1. The number of aryl methyl sites for hydroxylation is 2. The minimum atomic E-state index is -3.60. The van der Waals surface area contributed by atoms with Gasteiger partial charge in [-0.3, -0.25) is 19.3 Å². The van der Waals surface area contributed by atoms with E-state index in [1.807, 2.05) is 25.1 Å². The van der Waals surface area contributed by atoms with Crippen molar-refractivity contribution in [3.63, 3.8) is 0 Å². The lowest BCUT2D eigenvalue weighted by atomic mass is 9.68. The second-order valence-electron chi connectivity index (χ2n) is 15.3. The van der Waals surface area contributed by atoms with Crippen LogP contribution in [0.1, 0.15) is 70.9 Å². The fourth-order valence-electron chi connectivity index (χ4n) is 8.83. The zero-order chi connectivity index (χ0) is 36.9. The Balaban J connectivity index is 1.20.